The van der Waals surface area contributed by atoms with E-state index >= 15 is 0 Å². The highest BCUT2D eigenvalue weighted by Crippen LogP contribution is 2.47. The summed E-state index contributed by atoms with van der Waals surface area (Å²) in [5.41, 5.74) is -1.21. The third kappa shape index (κ3) is 26.9. The van der Waals surface area contributed by atoms with E-state index in [1.54, 1.807) is 0 Å². The van der Waals surface area contributed by atoms with Gasteiger partial charge in [-0.25, -0.2) is 0 Å². The zero-order valence-electron chi connectivity index (χ0n) is 55.5. The smallest absolute Gasteiger partial charge is 0.189 e. The molecule has 0 aromatic heterocycles. The van der Waals surface area contributed by atoms with Crippen molar-refractivity contribution >= 4 is 91.2 Å². The van der Waals surface area contributed by atoms with Gasteiger partial charge in [0, 0.05) is 12.7 Å². The van der Waals surface area contributed by atoms with E-state index in [1.165, 1.54) is 0 Å². The maximum atomic E-state index is 7.86. The normalized spacial score (nSPS) is 32.3. The fraction of sp³-hybridized carbons (Fsp3) is 1.00. The molecule has 0 radical (unpaired) electrons. The number of hydrogen-bond acceptors (Lipinski definition) is 15. The topological polar surface area (TPSA) is 138 Å². The van der Waals surface area contributed by atoms with Gasteiger partial charge in [0.05, 0.1) is 33.5 Å². The van der Waals surface area contributed by atoms with Crippen molar-refractivity contribution in [3.63, 3.8) is 0 Å². The first-order chi connectivity index (χ1) is 33.9. The quantitative estimate of drug-likeness (QED) is 0.0656. The van der Waals surface area contributed by atoms with E-state index in [0.717, 1.165) is 0 Å². The predicted octanol–water partition coefficient (Wildman–Crippen LogP) is 13.3. The van der Waals surface area contributed by atoms with E-state index in [4.69, 9.17) is 67.9 Å². The van der Waals surface area contributed by atoms with Crippen molar-refractivity contribution < 1.29 is 67.9 Å². The molecule has 14 atom stereocenters. The first-order valence-corrected chi connectivity index (χ1v) is 66.7. The van der Waals surface area contributed by atoms with Crippen LogP contribution in [0.2, 0.25) is 216 Å². The van der Waals surface area contributed by atoms with Gasteiger partial charge in [0.25, 0.3) is 0 Å². The summed E-state index contributed by atoms with van der Waals surface area (Å²) in [6.45, 7) is 74.0. The average Bonchev–Trinajstić information content (AvgIpc) is 3.38. The van der Waals surface area contributed by atoms with E-state index in [9.17, 15) is 0 Å². The summed E-state index contributed by atoms with van der Waals surface area (Å²) in [6.07, 6.45) is -7.65. The van der Waals surface area contributed by atoms with E-state index in [1.807, 2.05) is 0 Å². The first-order valence-electron chi connectivity index (χ1n) is 28.9. The number of rotatable bonds is 29. The fourth-order valence-corrected chi connectivity index (χ4v) is 20.0. The molecule has 77 heavy (non-hydrogen) atoms. The molecule has 0 spiro atoms. The molecule has 26 heteroatoms. The Bertz CT molecular complexity index is 1820. The van der Waals surface area contributed by atoms with Crippen LogP contribution in [0, 0.1) is 0 Å². The zero-order chi connectivity index (χ0) is 59.9. The minimum absolute atomic E-state index is 0.193. The minimum atomic E-state index is -2.45. The minimum Gasteiger partial charge on any atom is -0.415 e. The Labute approximate surface area is 483 Å². The van der Waals surface area contributed by atoms with Gasteiger partial charge in [-0.3, -0.25) is 0 Å². The Morgan fingerprint density at radius 1 is 0.325 bits per heavy atom. The monoisotopic (exact) mass is 1280 g/mol. The Balaban J connectivity index is 2.52. The Hall–Kier alpha value is 1.79. The van der Waals surface area contributed by atoms with Crippen LogP contribution in [-0.2, 0) is 67.9 Å². The summed E-state index contributed by atoms with van der Waals surface area (Å²) in [5.74, 6) is 0. The highest BCUT2D eigenvalue weighted by Gasteiger charge is 2.64. The van der Waals surface area contributed by atoms with E-state index in [2.05, 4.69) is 216 Å². The van der Waals surface area contributed by atoms with E-state index < -0.39 is 177 Å². The van der Waals surface area contributed by atoms with Gasteiger partial charge in [0.15, 0.2) is 102 Å². The fourth-order valence-electron chi connectivity index (χ4n) is 9.36. The van der Waals surface area contributed by atoms with Gasteiger partial charge in [0.1, 0.15) is 54.4 Å². The van der Waals surface area contributed by atoms with E-state index in [-0.39, 0.29) is 6.61 Å². The lowest BCUT2D eigenvalue weighted by molar-refractivity contribution is -0.341. The largest absolute Gasteiger partial charge is 0.415 e. The summed E-state index contributed by atoms with van der Waals surface area (Å²) in [6, 6.07) is 0. The van der Waals surface area contributed by atoms with Gasteiger partial charge < -0.3 is 67.9 Å². The van der Waals surface area contributed by atoms with Gasteiger partial charge in [-0.1, -0.05) is 19.6 Å². The summed E-state index contributed by atoms with van der Waals surface area (Å²) in [4.78, 5) is 0. The molecular formula is C51H120O15Si11. The van der Waals surface area contributed by atoms with Gasteiger partial charge >= 0.3 is 0 Å². The Morgan fingerprint density at radius 2 is 0.662 bits per heavy atom. The summed E-state index contributed by atoms with van der Waals surface area (Å²) in [7, 11) is -24.7. The summed E-state index contributed by atoms with van der Waals surface area (Å²) < 4.78 is 110. The third-order valence-electron chi connectivity index (χ3n) is 11.5. The average molecular weight is 1280 g/mol. The van der Waals surface area contributed by atoms with Crippen molar-refractivity contribution in [3.05, 3.63) is 0 Å². The molecule has 3 heterocycles. The number of ether oxygens (including phenoxy) is 5. The number of hydrogen-bond donors (Lipinski definition) is 0. The standard InChI is InChI=1S/C51H120O15Si11/c1-67(2,3)37-52-48-44(63-74(22,23)24)42(61-72(16,17)18)40(59-70(10,11)12)38(55-48)34-51(36-54-69(7,8)9)47(66-77(31,32)33)46(65-76(28,29)30)50(58-51)57-49-45(64-75(25,26)27)43(62-73(19,20)21)41(60-71(13,14)15)39(56-49)35-53-68(4,5)6/h38-50H,34-37H2,1-33H3/t38-,39-,40+,41+,42-,43+,44+,45-,46+,47+,48+,49-,50+,51-/m0/s1. The molecule has 0 N–H and O–H groups in total. The summed E-state index contributed by atoms with van der Waals surface area (Å²) >= 11 is 0. The lowest BCUT2D eigenvalue weighted by Crippen LogP contribution is -2.67. The van der Waals surface area contributed by atoms with Crippen LogP contribution in [0.1, 0.15) is 6.42 Å². The van der Waals surface area contributed by atoms with Crippen LogP contribution < -0.4 is 0 Å². The molecule has 0 bridgehead atoms. The van der Waals surface area contributed by atoms with Crippen LogP contribution in [0.15, 0.2) is 0 Å². The lowest BCUT2D eigenvalue weighted by atomic mass is 9.85. The molecule has 0 saturated carbocycles. The molecule has 0 aromatic carbocycles. The molecule has 3 fully saturated rings. The molecule has 15 nitrogen and oxygen atoms in total. The third-order valence-corrected chi connectivity index (χ3v) is 22.3. The van der Waals surface area contributed by atoms with Crippen LogP contribution >= 0.6 is 0 Å². The molecule has 3 saturated heterocycles. The molecule has 3 aliphatic rings. The highest BCUT2D eigenvalue weighted by molar-refractivity contribution is 6.76. The van der Waals surface area contributed by atoms with Gasteiger partial charge in [-0.2, -0.15) is 0 Å². The van der Waals surface area contributed by atoms with Crippen molar-refractivity contribution in [2.24, 2.45) is 0 Å². The predicted molar refractivity (Wildman–Crippen MR) is 344 cm³/mol. The van der Waals surface area contributed by atoms with Gasteiger partial charge in [-0.15, -0.1) is 0 Å². The zero-order valence-corrected chi connectivity index (χ0v) is 66.5. The molecule has 3 aliphatic heterocycles. The van der Waals surface area contributed by atoms with E-state index in [0.29, 0.717) is 19.3 Å². The Morgan fingerprint density at radius 3 is 1.04 bits per heavy atom. The second-order valence-corrected chi connectivity index (χ2v) is 83.3. The maximum Gasteiger partial charge on any atom is 0.189 e. The van der Waals surface area contributed by atoms with Crippen LogP contribution in [0.25, 0.3) is 0 Å². The lowest BCUT2D eigenvalue weighted by Gasteiger charge is -2.52. The Kier molecular flexibility index (Phi) is 25.1. The van der Waals surface area contributed by atoms with Crippen LogP contribution in [0.3, 0.4) is 0 Å². The highest BCUT2D eigenvalue weighted by atomic mass is 28.4. The maximum absolute atomic E-state index is 7.86. The summed E-state index contributed by atoms with van der Waals surface area (Å²) in [5, 5.41) is 0. The molecule has 0 aliphatic carbocycles. The van der Waals surface area contributed by atoms with Crippen molar-refractivity contribution in [2.45, 2.75) is 308 Å². The molecule has 0 amide bonds. The first kappa shape index (κ1) is 73.0. The molecule has 458 valence electrons. The van der Waals surface area contributed by atoms with Crippen molar-refractivity contribution in [2.75, 3.05) is 19.4 Å². The molecular weight excluding hydrogens is 1160 g/mol. The molecule has 3 rings (SSSR count). The van der Waals surface area contributed by atoms with Gasteiger partial charge in [0.2, 0.25) is 0 Å². The van der Waals surface area contributed by atoms with Crippen LogP contribution in [0.4, 0.5) is 0 Å². The second kappa shape index (κ2) is 26.4. The van der Waals surface area contributed by atoms with Crippen molar-refractivity contribution in [1.82, 2.24) is 0 Å². The molecule has 0 aromatic rings. The SMILES string of the molecule is C[Si](C)(C)CO[C@@H]1O[C@@H](C[C@@]2(CO[Si](C)(C)C)O[C@@H](O[C@@H]3O[C@@H](CO[Si](C)(C)C)[C@@H](O[Si](C)(C)C)[C@@H](O[Si](C)(C)C)[C@@H]3O[Si](C)(C)C)[C@H](O[Si](C)(C)C)[C@H]2O[Si](C)(C)C)[C@@H](O[Si](C)(C)C)[C@H](O[Si](C)(C)C)[C@H]1O[Si](C)(C)C. The van der Waals surface area contributed by atoms with Crippen LogP contribution in [-0.4, -0.2) is 196 Å². The van der Waals surface area contributed by atoms with Crippen molar-refractivity contribution in [1.29, 1.82) is 0 Å². The van der Waals surface area contributed by atoms with Gasteiger partial charge in [-0.05, 0) is 196 Å². The second-order valence-electron chi connectivity index (χ2n) is 33.2. The van der Waals surface area contributed by atoms with Crippen LogP contribution in [0.5, 0.6) is 0 Å². The molecule has 0 unspecified atom stereocenters. The van der Waals surface area contributed by atoms with Crippen molar-refractivity contribution in [3.8, 4) is 0 Å².